The molecule has 0 unspecified atom stereocenters. The third kappa shape index (κ3) is 2.89. The molecule has 0 saturated carbocycles. The summed E-state index contributed by atoms with van der Waals surface area (Å²) in [5, 5.41) is 7.88. The van der Waals surface area contributed by atoms with Crippen molar-refractivity contribution in [3.63, 3.8) is 0 Å². The highest BCUT2D eigenvalue weighted by Crippen LogP contribution is 2.06. The summed E-state index contributed by atoms with van der Waals surface area (Å²) in [7, 11) is 0. The van der Waals surface area contributed by atoms with Gasteiger partial charge in [-0.2, -0.15) is 5.11 Å². The highest BCUT2D eigenvalue weighted by Gasteiger charge is 1.88. The second-order valence-electron chi connectivity index (χ2n) is 2.50. The smallest absolute Gasteiger partial charge is 0.173 e. The van der Waals surface area contributed by atoms with E-state index in [9.17, 15) is 0 Å². The molecule has 0 aliphatic rings. The summed E-state index contributed by atoms with van der Waals surface area (Å²) in [6, 6.07) is 5.80. The number of nitrogens with zero attached hydrogens (tertiary/aromatic N) is 3. The molecule has 0 amide bonds. The fourth-order valence-electron chi connectivity index (χ4n) is 0.588. The van der Waals surface area contributed by atoms with Crippen molar-refractivity contribution in [3.8, 4) is 0 Å². The van der Waals surface area contributed by atoms with Gasteiger partial charge in [0.2, 0.25) is 0 Å². The molecule has 3 nitrogen and oxygen atoms in total. The van der Waals surface area contributed by atoms with Crippen LogP contribution in [0.5, 0.6) is 0 Å². The van der Waals surface area contributed by atoms with Crippen LogP contribution in [-0.4, -0.2) is 11.0 Å². The van der Waals surface area contributed by atoms with Crippen LogP contribution in [0.2, 0.25) is 0 Å². The van der Waals surface area contributed by atoms with Gasteiger partial charge in [-0.1, -0.05) is 6.07 Å². The Bertz CT molecular complexity index is 228. The van der Waals surface area contributed by atoms with Crippen LogP contribution >= 0.6 is 0 Å². The lowest BCUT2D eigenvalue weighted by molar-refractivity contribution is 0.775. The molecule has 0 aliphatic carbocycles. The van der Waals surface area contributed by atoms with E-state index in [1.165, 1.54) is 0 Å². The largest absolute Gasteiger partial charge is 0.236 e. The molecular formula is C8H11N3. The lowest BCUT2D eigenvalue weighted by Gasteiger charge is -1.92. The second kappa shape index (κ2) is 3.81. The van der Waals surface area contributed by atoms with Crippen LogP contribution in [0.4, 0.5) is 5.82 Å². The Morgan fingerprint density at radius 3 is 2.73 bits per heavy atom. The molecule has 1 rings (SSSR count). The highest BCUT2D eigenvalue weighted by molar-refractivity contribution is 5.23. The molecule has 11 heavy (non-hydrogen) atoms. The normalized spacial score (nSPS) is 11.2. The first kappa shape index (κ1) is 7.85. The first-order valence-corrected chi connectivity index (χ1v) is 3.61. The topological polar surface area (TPSA) is 37.6 Å². The minimum absolute atomic E-state index is 0.233. The van der Waals surface area contributed by atoms with E-state index in [2.05, 4.69) is 15.2 Å². The van der Waals surface area contributed by atoms with Crippen molar-refractivity contribution in [3.05, 3.63) is 24.4 Å². The van der Waals surface area contributed by atoms with E-state index < -0.39 is 0 Å². The minimum Gasteiger partial charge on any atom is -0.236 e. The van der Waals surface area contributed by atoms with Crippen LogP contribution in [0.1, 0.15) is 13.8 Å². The number of pyridine rings is 1. The average Bonchev–Trinajstić information content (AvgIpc) is 2.03. The summed E-state index contributed by atoms with van der Waals surface area (Å²) in [6.45, 7) is 3.96. The number of azo groups is 1. The van der Waals surface area contributed by atoms with Gasteiger partial charge in [0, 0.05) is 6.20 Å². The minimum atomic E-state index is 0.233. The fourth-order valence-corrected chi connectivity index (χ4v) is 0.588. The monoisotopic (exact) mass is 149 g/mol. The summed E-state index contributed by atoms with van der Waals surface area (Å²) >= 11 is 0. The van der Waals surface area contributed by atoms with Crippen molar-refractivity contribution in [1.29, 1.82) is 0 Å². The lowest BCUT2D eigenvalue weighted by Crippen LogP contribution is -1.84. The Balaban J connectivity index is 2.65. The van der Waals surface area contributed by atoms with Crippen molar-refractivity contribution < 1.29 is 0 Å². The maximum atomic E-state index is 3.99. The van der Waals surface area contributed by atoms with E-state index in [0.29, 0.717) is 5.82 Å². The number of rotatable bonds is 2. The maximum Gasteiger partial charge on any atom is 0.173 e. The van der Waals surface area contributed by atoms with Gasteiger partial charge in [-0.25, -0.2) is 4.98 Å². The summed E-state index contributed by atoms with van der Waals surface area (Å²) in [5.41, 5.74) is 0. The van der Waals surface area contributed by atoms with E-state index in [4.69, 9.17) is 0 Å². The summed E-state index contributed by atoms with van der Waals surface area (Å²) in [5.74, 6) is 0.668. The summed E-state index contributed by atoms with van der Waals surface area (Å²) < 4.78 is 0. The lowest BCUT2D eigenvalue weighted by atomic mass is 10.4. The molecule has 1 aromatic rings. The van der Waals surface area contributed by atoms with Crippen molar-refractivity contribution >= 4 is 5.82 Å². The Labute approximate surface area is 66.2 Å². The first-order chi connectivity index (χ1) is 5.29. The third-order valence-electron chi connectivity index (χ3n) is 1.04. The number of aromatic nitrogens is 1. The Morgan fingerprint density at radius 2 is 2.18 bits per heavy atom. The van der Waals surface area contributed by atoms with Gasteiger partial charge in [0.1, 0.15) is 0 Å². The molecule has 0 aromatic carbocycles. The van der Waals surface area contributed by atoms with E-state index in [0.717, 1.165) is 0 Å². The van der Waals surface area contributed by atoms with Gasteiger partial charge in [-0.15, -0.1) is 5.11 Å². The van der Waals surface area contributed by atoms with Crippen molar-refractivity contribution in [2.75, 3.05) is 0 Å². The Kier molecular flexibility index (Phi) is 2.72. The van der Waals surface area contributed by atoms with Gasteiger partial charge in [-0.05, 0) is 26.0 Å². The van der Waals surface area contributed by atoms with Crippen molar-refractivity contribution in [1.82, 2.24) is 4.98 Å². The van der Waals surface area contributed by atoms with Gasteiger partial charge in [0.05, 0.1) is 6.04 Å². The molecule has 1 heterocycles. The summed E-state index contributed by atoms with van der Waals surface area (Å²) in [6.07, 6.45) is 1.70. The maximum absolute atomic E-state index is 3.99. The SMILES string of the molecule is CC(C)N=Nc1ccccn1. The van der Waals surface area contributed by atoms with Crippen LogP contribution < -0.4 is 0 Å². The molecule has 1 aromatic heterocycles. The molecule has 0 aliphatic heterocycles. The van der Waals surface area contributed by atoms with Crippen LogP contribution in [-0.2, 0) is 0 Å². The van der Waals surface area contributed by atoms with E-state index in [1.54, 1.807) is 6.20 Å². The molecule has 0 radical (unpaired) electrons. The zero-order chi connectivity index (χ0) is 8.10. The number of hydrogen-bond donors (Lipinski definition) is 0. The highest BCUT2D eigenvalue weighted by atomic mass is 15.1. The van der Waals surface area contributed by atoms with E-state index >= 15 is 0 Å². The van der Waals surface area contributed by atoms with Crippen molar-refractivity contribution in [2.24, 2.45) is 10.2 Å². The van der Waals surface area contributed by atoms with Crippen molar-refractivity contribution in [2.45, 2.75) is 19.9 Å². The van der Waals surface area contributed by atoms with Crippen LogP contribution in [0, 0.1) is 0 Å². The van der Waals surface area contributed by atoms with Gasteiger partial charge in [0.25, 0.3) is 0 Å². The molecule has 0 saturated heterocycles. The predicted octanol–water partition coefficient (Wildman–Crippen LogP) is 2.57. The van der Waals surface area contributed by atoms with Gasteiger partial charge < -0.3 is 0 Å². The van der Waals surface area contributed by atoms with Gasteiger partial charge >= 0.3 is 0 Å². The molecule has 3 heteroatoms. The van der Waals surface area contributed by atoms with Crippen LogP contribution in [0.25, 0.3) is 0 Å². The van der Waals surface area contributed by atoms with Gasteiger partial charge in [0.15, 0.2) is 5.82 Å². The fraction of sp³-hybridized carbons (Fsp3) is 0.375. The molecule has 0 fully saturated rings. The predicted molar refractivity (Wildman–Crippen MR) is 43.9 cm³/mol. The zero-order valence-corrected chi connectivity index (χ0v) is 6.73. The zero-order valence-electron chi connectivity index (χ0n) is 6.73. The summed E-state index contributed by atoms with van der Waals surface area (Å²) in [4.78, 5) is 3.99. The third-order valence-corrected chi connectivity index (χ3v) is 1.04. The molecule has 0 atom stereocenters. The molecule has 0 spiro atoms. The second-order valence-corrected chi connectivity index (χ2v) is 2.50. The molecule has 58 valence electrons. The molecule has 0 N–H and O–H groups in total. The average molecular weight is 149 g/mol. The Morgan fingerprint density at radius 1 is 1.36 bits per heavy atom. The first-order valence-electron chi connectivity index (χ1n) is 3.61. The van der Waals surface area contributed by atoms with Gasteiger partial charge in [-0.3, -0.25) is 0 Å². The Hall–Kier alpha value is -1.25. The number of hydrogen-bond acceptors (Lipinski definition) is 3. The quantitative estimate of drug-likeness (QED) is 0.595. The standard InChI is InChI=1S/C8H11N3/c1-7(2)10-11-8-5-3-4-6-9-8/h3-7H,1-2H3. The molecule has 0 bridgehead atoms. The molecular weight excluding hydrogens is 138 g/mol. The van der Waals surface area contributed by atoms with Crippen LogP contribution in [0.15, 0.2) is 34.6 Å². The van der Waals surface area contributed by atoms with E-state index in [1.807, 2.05) is 32.0 Å². The van der Waals surface area contributed by atoms with Crippen LogP contribution in [0.3, 0.4) is 0 Å². The van der Waals surface area contributed by atoms with E-state index in [-0.39, 0.29) is 6.04 Å².